The van der Waals surface area contributed by atoms with Crippen molar-refractivity contribution in [3.05, 3.63) is 6.42 Å². The van der Waals surface area contributed by atoms with E-state index in [1.54, 1.807) is 0 Å². The lowest BCUT2D eigenvalue weighted by Gasteiger charge is -2.26. The van der Waals surface area contributed by atoms with E-state index in [0.717, 1.165) is 19.3 Å². The first-order valence-corrected chi connectivity index (χ1v) is 4.35. The smallest absolute Gasteiger partial charge is 0.134 e. The lowest BCUT2D eigenvalue weighted by Crippen LogP contribution is -2.27. The Labute approximate surface area is 67.0 Å². The van der Waals surface area contributed by atoms with Crippen LogP contribution in [0.4, 0.5) is 8.78 Å². The van der Waals surface area contributed by atoms with Crippen molar-refractivity contribution in [1.29, 1.82) is 0 Å². The van der Waals surface area contributed by atoms with Crippen LogP contribution in [0.3, 0.4) is 0 Å². The fraction of sp³-hybridized carbons (Fsp3) is 0.889. The number of halogens is 2. The predicted molar refractivity (Wildman–Crippen MR) is 41.7 cm³/mol. The molecule has 0 spiro atoms. The zero-order valence-corrected chi connectivity index (χ0v) is 6.89. The fourth-order valence-corrected chi connectivity index (χ4v) is 1.66. The fourth-order valence-electron chi connectivity index (χ4n) is 1.66. The summed E-state index contributed by atoms with van der Waals surface area (Å²) in [7, 11) is 0. The normalized spacial score (nSPS) is 39.0. The molecule has 1 rings (SSSR count). The van der Waals surface area contributed by atoms with Crippen molar-refractivity contribution in [2.45, 2.75) is 45.0 Å². The summed E-state index contributed by atoms with van der Waals surface area (Å²) in [4.78, 5) is 0. The molecule has 0 heterocycles. The summed E-state index contributed by atoms with van der Waals surface area (Å²) >= 11 is 0. The van der Waals surface area contributed by atoms with Crippen molar-refractivity contribution in [3.63, 3.8) is 0 Å². The summed E-state index contributed by atoms with van der Waals surface area (Å²) in [6.07, 6.45) is 2.23. The van der Waals surface area contributed by atoms with Crippen LogP contribution < -0.4 is 0 Å². The van der Waals surface area contributed by atoms with Crippen molar-refractivity contribution >= 4 is 0 Å². The van der Waals surface area contributed by atoms with Crippen molar-refractivity contribution in [2.75, 3.05) is 0 Å². The molecule has 2 heteroatoms. The van der Waals surface area contributed by atoms with E-state index in [1.165, 1.54) is 6.42 Å². The highest BCUT2D eigenvalue weighted by molar-refractivity contribution is 4.91. The van der Waals surface area contributed by atoms with E-state index in [4.69, 9.17) is 0 Å². The minimum Gasteiger partial charge on any atom is -0.244 e. The van der Waals surface area contributed by atoms with Gasteiger partial charge in [-0.2, -0.15) is 0 Å². The summed E-state index contributed by atoms with van der Waals surface area (Å²) in [6, 6.07) is 0. The maximum absolute atomic E-state index is 12.7. The third-order valence-electron chi connectivity index (χ3n) is 2.30. The molecule has 0 saturated heterocycles. The molecule has 1 fully saturated rings. The molecule has 0 aromatic rings. The molecule has 0 bridgehead atoms. The lowest BCUT2D eigenvalue weighted by molar-refractivity contribution is 0.124. The Balaban J connectivity index is 2.28. The number of hydrogen-bond donors (Lipinski definition) is 0. The van der Waals surface area contributed by atoms with Crippen molar-refractivity contribution in [1.82, 2.24) is 0 Å². The van der Waals surface area contributed by atoms with E-state index < -0.39 is 12.3 Å². The third-order valence-corrected chi connectivity index (χ3v) is 2.30. The lowest BCUT2D eigenvalue weighted by atomic mass is 9.84. The highest BCUT2D eigenvalue weighted by Crippen LogP contribution is 2.30. The van der Waals surface area contributed by atoms with Gasteiger partial charge in [0.15, 0.2) is 0 Å². The maximum atomic E-state index is 12.7. The largest absolute Gasteiger partial charge is 0.244 e. The molecule has 65 valence electrons. The monoisotopic (exact) mass is 161 g/mol. The second kappa shape index (κ2) is 4.03. The van der Waals surface area contributed by atoms with Gasteiger partial charge in [0, 0.05) is 0 Å². The first kappa shape index (κ1) is 8.95. The first-order valence-electron chi connectivity index (χ1n) is 4.35. The molecule has 0 nitrogen and oxygen atoms in total. The average molecular weight is 161 g/mol. The van der Waals surface area contributed by atoms with E-state index in [9.17, 15) is 8.78 Å². The van der Waals surface area contributed by atoms with Crippen molar-refractivity contribution < 1.29 is 8.78 Å². The molecule has 3 unspecified atom stereocenters. The molecule has 0 aromatic carbocycles. The highest BCUT2D eigenvalue weighted by Gasteiger charge is 2.29. The summed E-state index contributed by atoms with van der Waals surface area (Å²) in [5.74, 6) is 0.391. The summed E-state index contributed by atoms with van der Waals surface area (Å²) in [5, 5.41) is 0. The topological polar surface area (TPSA) is 0 Å². The second-order valence-corrected chi connectivity index (χ2v) is 3.32. The van der Waals surface area contributed by atoms with E-state index in [1.807, 2.05) is 0 Å². The Morgan fingerprint density at radius 2 is 2.18 bits per heavy atom. The quantitative estimate of drug-likeness (QED) is 0.583. The van der Waals surface area contributed by atoms with Gasteiger partial charge in [0.1, 0.15) is 12.3 Å². The van der Waals surface area contributed by atoms with Gasteiger partial charge < -0.3 is 0 Å². The summed E-state index contributed by atoms with van der Waals surface area (Å²) in [5.41, 5.74) is 0. The van der Waals surface area contributed by atoms with Gasteiger partial charge in [0.2, 0.25) is 0 Å². The summed E-state index contributed by atoms with van der Waals surface area (Å²) < 4.78 is 25.3. The number of alkyl halides is 2. The maximum Gasteiger partial charge on any atom is 0.134 e. The summed E-state index contributed by atoms with van der Waals surface area (Å²) in [6.45, 7) is 2.08. The molecule has 0 amide bonds. The third kappa shape index (κ3) is 2.42. The number of rotatable bonds is 2. The molecule has 11 heavy (non-hydrogen) atoms. The minimum atomic E-state index is -1.30. The zero-order chi connectivity index (χ0) is 8.27. The SMILES string of the molecule is CCCC1C[CH]C(F)C(F)C1. The van der Waals surface area contributed by atoms with E-state index in [2.05, 4.69) is 6.92 Å². The van der Waals surface area contributed by atoms with Crippen LogP contribution in [-0.4, -0.2) is 12.3 Å². The predicted octanol–water partition coefficient (Wildman–Crippen LogP) is 3.08. The van der Waals surface area contributed by atoms with Gasteiger partial charge in [0.05, 0.1) is 0 Å². The Bertz CT molecular complexity index is 114. The molecule has 1 saturated carbocycles. The van der Waals surface area contributed by atoms with Crippen LogP contribution >= 0.6 is 0 Å². The Kier molecular flexibility index (Phi) is 3.28. The van der Waals surface area contributed by atoms with E-state index in [0.29, 0.717) is 12.3 Å². The minimum absolute atomic E-state index is 0.391. The first-order chi connectivity index (χ1) is 5.24. The molecule has 0 aliphatic heterocycles. The Morgan fingerprint density at radius 1 is 1.45 bits per heavy atom. The molecule has 1 aliphatic carbocycles. The van der Waals surface area contributed by atoms with Gasteiger partial charge in [-0.1, -0.05) is 19.8 Å². The van der Waals surface area contributed by atoms with E-state index >= 15 is 0 Å². The van der Waals surface area contributed by atoms with Crippen LogP contribution in [-0.2, 0) is 0 Å². The molecule has 3 atom stereocenters. The van der Waals surface area contributed by atoms with Crippen LogP contribution in [0.5, 0.6) is 0 Å². The van der Waals surface area contributed by atoms with Gasteiger partial charge in [-0.15, -0.1) is 0 Å². The van der Waals surface area contributed by atoms with Gasteiger partial charge >= 0.3 is 0 Å². The van der Waals surface area contributed by atoms with Crippen LogP contribution in [0.1, 0.15) is 32.6 Å². The highest BCUT2D eigenvalue weighted by atomic mass is 19.2. The average Bonchev–Trinajstić information content (AvgIpc) is 1.98. The van der Waals surface area contributed by atoms with Crippen LogP contribution in [0.2, 0.25) is 0 Å². The van der Waals surface area contributed by atoms with Crippen LogP contribution in [0, 0.1) is 12.3 Å². The van der Waals surface area contributed by atoms with Gasteiger partial charge in [-0.05, 0) is 25.2 Å². The molecule has 0 N–H and O–H groups in total. The van der Waals surface area contributed by atoms with Crippen molar-refractivity contribution in [2.24, 2.45) is 5.92 Å². The molecule has 1 aliphatic rings. The standard InChI is InChI=1S/C9H15F2/c1-2-3-7-4-5-8(10)9(11)6-7/h5,7-9H,2-4,6H2,1H3. The van der Waals surface area contributed by atoms with Gasteiger partial charge in [-0.3, -0.25) is 0 Å². The Hall–Kier alpha value is -0.140. The van der Waals surface area contributed by atoms with Crippen LogP contribution in [0.25, 0.3) is 0 Å². The molecular weight excluding hydrogens is 146 g/mol. The second-order valence-electron chi connectivity index (χ2n) is 3.32. The van der Waals surface area contributed by atoms with E-state index in [-0.39, 0.29) is 0 Å². The molecular formula is C9H15F2. The molecule has 1 radical (unpaired) electrons. The van der Waals surface area contributed by atoms with Crippen molar-refractivity contribution in [3.8, 4) is 0 Å². The zero-order valence-electron chi connectivity index (χ0n) is 6.89. The van der Waals surface area contributed by atoms with Gasteiger partial charge in [0.25, 0.3) is 0 Å². The molecule has 0 aromatic heterocycles. The van der Waals surface area contributed by atoms with Crippen LogP contribution in [0.15, 0.2) is 0 Å². The van der Waals surface area contributed by atoms with Gasteiger partial charge in [-0.25, -0.2) is 8.78 Å². The Morgan fingerprint density at radius 3 is 2.73 bits per heavy atom. The number of hydrogen-bond acceptors (Lipinski definition) is 0.